The van der Waals surface area contributed by atoms with Gasteiger partial charge in [0, 0.05) is 61.7 Å². The van der Waals surface area contributed by atoms with Crippen LogP contribution in [-0.2, 0) is 51.4 Å². The van der Waals surface area contributed by atoms with Crippen molar-refractivity contribution in [2.75, 3.05) is 35.5 Å². The molecule has 30 heteroatoms. The number of aromatic nitrogens is 8. The molecule has 0 radical (unpaired) electrons. The fourth-order valence-corrected chi connectivity index (χ4v) is 11.9. The summed E-state index contributed by atoms with van der Waals surface area (Å²) in [5.41, 5.74) is 32.6. The third-order valence-electron chi connectivity index (χ3n) is 17.1. The Labute approximate surface area is 622 Å². The van der Waals surface area contributed by atoms with E-state index in [1.54, 1.807) is 59.8 Å². The third kappa shape index (κ3) is 19.7. The molecule has 0 fully saturated rings. The fraction of sp³-hybridized carbons (Fsp3) is 0.169. The Balaban J connectivity index is 0.000000165. The number of ether oxygens (including phenoxy) is 5. The normalized spacial score (nSPS) is 10.6. The topological polar surface area (TPSA) is 416 Å². The molecule has 0 aliphatic heterocycles. The predicted octanol–water partition coefficient (Wildman–Crippen LogP) is 10.6. The summed E-state index contributed by atoms with van der Waals surface area (Å²) in [6.07, 6.45) is 4.34. The molecule has 0 unspecified atom stereocenters. The Morgan fingerprint density at radius 1 is 0.411 bits per heavy atom. The van der Waals surface area contributed by atoms with E-state index in [0.717, 1.165) is 86.4 Å². The van der Waals surface area contributed by atoms with Crippen molar-refractivity contribution in [3.8, 4) is 73.8 Å². The lowest BCUT2D eigenvalue weighted by molar-refractivity contribution is -0.384. The smallest absolute Gasteiger partial charge is 0.277 e. The van der Waals surface area contributed by atoms with Crippen LogP contribution >= 0.6 is 23.8 Å². The molecule has 0 amide bonds. The Bertz CT molecular complexity index is 5390. The molecule has 0 aliphatic carbocycles. The Morgan fingerprint density at radius 2 is 0.701 bits per heavy atom. The number of hydrogen-bond donors (Lipinski definition) is 11. The molecule has 0 saturated heterocycles. The second-order valence-corrected chi connectivity index (χ2v) is 24.7. The van der Waals surface area contributed by atoms with Gasteiger partial charge in [-0.1, -0.05) is 60.1 Å². The van der Waals surface area contributed by atoms with Crippen LogP contribution < -0.4 is 68.9 Å². The molecule has 15 N–H and O–H groups in total. The molecule has 12 rings (SSSR count). The number of halogens is 2. The minimum atomic E-state index is -0.489. The number of benzene rings is 8. The zero-order valence-electron chi connectivity index (χ0n) is 58.8. The summed E-state index contributed by atoms with van der Waals surface area (Å²) >= 11 is 11.0. The number of nitro groups is 1. The van der Waals surface area contributed by atoms with Gasteiger partial charge in [-0.3, -0.25) is 65.9 Å². The SMILES string of the molecule is COc1ccc(-c2[nH]n(C(=N)N)c(=O)c2CCc2cccc(Cl)c2)cc1.COc1ccc(-c2[nH]n(C(=N)N)c(=O)c2CCc2cccc(OC)c2)cc1.COc1ccc(-c2[nH]n(C(N)=S)c(=O)c2CCc2ccc(F)cc2)cc1.COc1cccc(CCc2c(-c3ccc([N+](=O)[O-])cc3)[nH]n(C(=N)N)c2=O)c1. The summed E-state index contributed by atoms with van der Waals surface area (Å²) in [4.78, 5) is 61.2. The van der Waals surface area contributed by atoms with Crippen LogP contribution in [0.25, 0.3) is 45.0 Å². The molecular formula is C77H78ClFN16O11S. The molecule has 4 heterocycles. The van der Waals surface area contributed by atoms with Gasteiger partial charge in [0.15, 0.2) is 5.11 Å². The maximum atomic E-state index is 13.1. The van der Waals surface area contributed by atoms with Crippen LogP contribution in [-0.4, -0.2) is 103 Å². The van der Waals surface area contributed by atoms with E-state index >= 15 is 0 Å². The Hall–Kier alpha value is -13.3. The molecule has 552 valence electrons. The highest BCUT2D eigenvalue weighted by Crippen LogP contribution is 2.29. The molecule has 4 aromatic heterocycles. The molecular weight excluding hydrogens is 1410 g/mol. The van der Waals surface area contributed by atoms with Crippen LogP contribution in [0.1, 0.15) is 44.5 Å². The van der Waals surface area contributed by atoms with Gasteiger partial charge in [-0.15, -0.1) is 0 Å². The van der Waals surface area contributed by atoms with Gasteiger partial charge >= 0.3 is 0 Å². The van der Waals surface area contributed by atoms with Gasteiger partial charge in [-0.05, 0) is 219 Å². The molecule has 27 nitrogen and oxygen atoms in total. The molecule has 0 aliphatic rings. The molecule has 8 aromatic carbocycles. The van der Waals surface area contributed by atoms with E-state index in [-0.39, 0.29) is 45.2 Å². The largest absolute Gasteiger partial charge is 0.497 e. The van der Waals surface area contributed by atoms with Gasteiger partial charge in [0.05, 0.1) is 63.2 Å². The minimum Gasteiger partial charge on any atom is -0.497 e. The van der Waals surface area contributed by atoms with Gasteiger partial charge in [0.25, 0.3) is 27.9 Å². The Kier molecular flexibility index (Phi) is 26.4. The number of non-ortho nitro benzene ring substituents is 1. The van der Waals surface area contributed by atoms with Crippen LogP contribution in [0.4, 0.5) is 10.1 Å². The van der Waals surface area contributed by atoms with Crippen molar-refractivity contribution in [2.24, 2.45) is 22.9 Å². The molecule has 0 spiro atoms. The maximum Gasteiger partial charge on any atom is 0.277 e. The molecule has 12 aromatic rings. The van der Waals surface area contributed by atoms with Crippen molar-refractivity contribution >= 4 is 52.5 Å². The zero-order valence-corrected chi connectivity index (χ0v) is 60.4. The van der Waals surface area contributed by atoms with E-state index in [1.165, 1.54) is 24.3 Å². The van der Waals surface area contributed by atoms with Crippen molar-refractivity contribution in [3.63, 3.8) is 0 Å². The summed E-state index contributed by atoms with van der Waals surface area (Å²) in [5.74, 6) is 2.26. The maximum absolute atomic E-state index is 13.1. The minimum absolute atomic E-state index is 0.0437. The Morgan fingerprint density at radius 3 is 1.00 bits per heavy atom. The number of methoxy groups -OCH3 is 5. The van der Waals surface area contributed by atoms with Crippen LogP contribution in [0.3, 0.4) is 0 Å². The number of nitrogens with two attached hydrogens (primary N) is 4. The summed E-state index contributed by atoms with van der Waals surface area (Å²) in [6.45, 7) is 0. The van der Waals surface area contributed by atoms with Crippen molar-refractivity contribution in [1.82, 2.24) is 39.1 Å². The van der Waals surface area contributed by atoms with Gasteiger partial charge < -0.3 is 46.6 Å². The van der Waals surface area contributed by atoms with E-state index in [4.69, 9.17) is 86.7 Å². The average Bonchev–Trinajstić information content (AvgIpc) is 1.67. The first-order chi connectivity index (χ1) is 51.4. The van der Waals surface area contributed by atoms with Crippen LogP contribution in [0.2, 0.25) is 5.02 Å². The van der Waals surface area contributed by atoms with Gasteiger partial charge in [-0.25, -0.2) is 4.39 Å². The zero-order chi connectivity index (χ0) is 77.0. The molecule has 0 atom stereocenters. The second-order valence-electron chi connectivity index (χ2n) is 23.9. The summed E-state index contributed by atoms with van der Waals surface area (Å²) < 4.78 is 43.3. The van der Waals surface area contributed by atoms with E-state index in [0.29, 0.717) is 107 Å². The quantitative estimate of drug-likeness (QED) is 0.00987. The summed E-state index contributed by atoms with van der Waals surface area (Å²) in [5, 5.41) is 46.0. The first-order valence-corrected chi connectivity index (χ1v) is 33.8. The number of thiocarbonyl (C=S) groups is 1. The lowest BCUT2D eigenvalue weighted by Gasteiger charge is -2.06. The van der Waals surface area contributed by atoms with E-state index in [1.807, 2.05) is 146 Å². The van der Waals surface area contributed by atoms with Gasteiger partial charge in [-0.2, -0.15) is 18.7 Å². The summed E-state index contributed by atoms with van der Waals surface area (Å²) in [6, 6.07) is 57.0. The fourth-order valence-electron chi connectivity index (χ4n) is 11.5. The van der Waals surface area contributed by atoms with Crippen molar-refractivity contribution in [3.05, 3.63) is 301 Å². The highest BCUT2D eigenvalue weighted by atomic mass is 35.5. The number of hydrogen-bond acceptors (Lipinski definition) is 15. The van der Waals surface area contributed by atoms with Crippen molar-refractivity contribution in [1.29, 1.82) is 16.2 Å². The van der Waals surface area contributed by atoms with Crippen molar-refractivity contribution < 1.29 is 33.0 Å². The van der Waals surface area contributed by atoms with Gasteiger partial charge in [0.2, 0.25) is 17.9 Å². The first kappa shape index (κ1) is 77.9. The van der Waals surface area contributed by atoms with Crippen LogP contribution in [0.5, 0.6) is 28.7 Å². The number of nitrogens with zero attached hydrogens (tertiary/aromatic N) is 5. The van der Waals surface area contributed by atoms with E-state index in [2.05, 4.69) is 20.4 Å². The molecule has 0 saturated carbocycles. The van der Waals surface area contributed by atoms with Crippen LogP contribution in [0.15, 0.2) is 213 Å². The number of H-pyrrole nitrogens is 4. The summed E-state index contributed by atoms with van der Waals surface area (Å²) in [7, 11) is 8.00. The highest BCUT2D eigenvalue weighted by Gasteiger charge is 2.23. The lowest BCUT2D eigenvalue weighted by atomic mass is 10.0. The lowest BCUT2D eigenvalue weighted by Crippen LogP contribution is -2.31. The third-order valence-corrected chi connectivity index (χ3v) is 17.5. The second kappa shape index (κ2) is 36.2. The number of nitrogen functional groups attached to an aromatic ring is 3. The average molecular weight is 1490 g/mol. The number of aryl methyl sites for hydroxylation is 4. The highest BCUT2D eigenvalue weighted by molar-refractivity contribution is 7.80. The molecule has 0 bridgehead atoms. The van der Waals surface area contributed by atoms with Crippen LogP contribution in [0, 0.1) is 32.2 Å². The number of nitrogens with one attached hydrogen (secondary N) is 7. The standard InChI is InChI=1S/C20H22N4O3.C19H19ClN4O2.C19H18FN3O2S.C19H19N5O4/c1-26-15-9-7-14(8-10-15)18-17(19(25)24(23-18)20(21)22)11-6-13-4-3-5-16(12-13)27-2;1-26-15-8-6-13(7-9-15)17-16(18(25)24(23-17)19(21)22)10-5-12-3-2-4-14(20)11-12;1-25-15-9-5-13(6-10-15)17-16(18(24)23(22-17)19(21)26)11-4-12-2-7-14(20)8-3-12;1-28-15-4-2-3-12(11-15)5-10-16-17(22-23(18(16)25)19(20)21)13-6-8-14(9-7-13)24(26)27/h3-5,7-10,12,23H,6,11H2,1-2H3,(H3,21,22);2-4,6-9,11,23H,5,10H2,1H3,(H3,21,22);2-3,5-10,22H,4,11H2,1H3,(H2,21,26);2-4,6-9,11,22H,5,10H2,1H3,(H3,20,21). The number of rotatable bonds is 22. The predicted molar refractivity (Wildman–Crippen MR) is 416 cm³/mol. The van der Waals surface area contributed by atoms with Gasteiger partial charge in [0.1, 0.15) is 34.6 Å². The van der Waals surface area contributed by atoms with E-state index < -0.39 is 16.4 Å². The number of aromatic amines is 4. The first-order valence-electron chi connectivity index (χ1n) is 33.0. The van der Waals surface area contributed by atoms with E-state index in [9.17, 15) is 33.7 Å². The monoisotopic (exact) mass is 1490 g/mol. The van der Waals surface area contributed by atoms with Crippen molar-refractivity contribution in [2.45, 2.75) is 51.4 Å². The number of nitro benzene ring substituents is 1. The molecule has 107 heavy (non-hydrogen) atoms.